The molecule has 1 heterocycles. The summed E-state index contributed by atoms with van der Waals surface area (Å²) in [5.41, 5.74) is 0.996. The lowest BCUT2D eigenvalue weighted by Crippen LogP contribution is -2.52. The zero-order valence-electron chi connectivity index (χ0n) is 19.0. The molecule has 0 radical (unpaired) electrons. The molecule has 1 aliphatic heterocycles. The van der Waals surface area contributed by atoms with Crippen molar-refractivity contribution in [1.29, 1.82) is 0 Å². The second kappa shape index (κ2) is 10.1. The number of hydrogen-bond donors (Lipinski definition) is 2. The molecule has 0 spiro atoms. The van der Waals surface area contributed by atoms with E-state index in [2.05, 4.69) is 24.5 Å². The molecule has 0 saturated carbocycles. The summed E-state index contributed by atoms with van der Waals surface area (Å²) >= 11 is 0. The highest BCUT2D eigenvalue weighted by Crippen LogP contribution is 2.37. The highest BCUT2D eigenvalue weighted by atomic mass is 16.2. The summed E-state index contributed by atoms with van der Waals surface area (Å²) in [6.07, 6.45) is 5.57. The maximum atomic E-state index is 13.2. The zero-order chi connectivity index (χ0) is 22.5. The van der Waals surface area contributed by atoms with Gasteiger partial charge in [-0.25, -0.2) is 0 Å². The molecule has 1 saturated heterocycles. The van der Waals surface area contributed by atoms with Crippen molar-refractivity contribution in [3.05, 3.63) is 42.5 Å². The van der Waals surface area contributed by atoms with E-state index >= 15 is 0 Å². The minimum absolute atomic E-state index is 0.0304. The molecule has 1 aromatic carbocycles. The van der Waals surface area contributed by atoms with Gasteiger partial charge in [0.15, 0.2) is 0 Å². The van der Waals surface area contributed by atoms with Crippen molar-refractivity contribution >= 4 is 23.4 Å². The van der Waals surface area contributed by atoms with Crippen LogP contribution in [0.2, 0.25) is 0 Å². The van der Waals surface area contributed by atoms with Crippen LogP contribution in [0.4, 0.5) is 5.69 Å². The largest absolute Gasteiger partial charge is 0.380 e. The fourth-order valence-corrected chi connectivity index (χ4v) is 4.44. The monoisotopic (exact) mass is 425 g/mol. The van der Waals surface area contributed by atoms with Crippen molar-refractivity contribution in [1.82, 2.24) is 10.2 Å². The van der Waals surface area contributed by atoms with Crippen LogP contribution in [0.15, 0.2) is 42.5 Å². The second-order valence-electron chi connectivity index (χ2n) is 9.45. The molecule has 1 aromatic rings. The van der Waals surface area contributed by atoms with Crippen LogP contribution >= 0.6 is 0 Å². The van der Waals surface area contributed by atoms with Crippen molar-refractivity contribution in [3.8, 4) is 0 Å². The van der Waals surface area contributed by atoms with Gasteiger partial charge in [-0.15, -0.1) is 0 Å². The van der Waals surface area contributed by atoms with Gasteiger partial charge in [0.2, 0.25) is 17.7 Å². The molecular formula is C25H35N3O3. The average molecular weight is 426 g/mol. The molecule has 3 amide bonds. The molecular weight excluding hydrogens is 390 g/mol. The summed E-state index contributed by atoms with van der Waals surface area (Å²) in [5, 5.41) is 6.50. The molecule has 0 aromatic heterocycles. The highest BCUT2D eigenvalue weighted by molar-refractivity contribution is 6.08. The number of allylic oxidation sites excluding steroid dienone is 2. The number of para-hydroxylation sites is 1. The Balaban J connectivity index is 1.71. The molecule has 168 valence electrons. The maximum Gasteiger partial charge on any atom is 0.243 e. The van der Waals surface area contributed by atoms with Crippen LogP contribution in [-0.2, 0) is 14.4 Å². The number of benzene rings is 1. The molecule has 4 unspecified atom stereocenters. The summed E-state index contributed by atoms with van der Waals surface area (Å²) in [4.78, 5) is 40.6. The van der Waals surface area contributed by atoms with Gasteiger partial charge >= 0.3 is 0 Å². The van der Waals surface area contributed by atoms with Crippen molar-refractivity contribution in [2.45, 2.75) is 59.0 Å². The SMILES string of the molecule is CC(C)CC(C(=O)NCC(Nc1ccccc1)C(C)C)N1C(=O)C2CC=CCC2C1=O. The van der Waals surface area contributed by atoms with Crippen LogP contribution in [-0.4, -0.2) is 41.2 Å². The first-order valence-corrected chi connectivity index (χ1v) is 11.4. The van der Waals surface area contributed by atoms with Gasteiger partial charge in [-0.05, 0) is 43.2 Å². The summed E-state index contributed by atoms with van der Waals surface area (Å²) in [5.74, 6) is -0.798. The quantitative estimate of drug-likeness (QED) is 0.468. The van der Waals surface area contributed by atoms with Crippen molar-refractivity contribution < 1.29 is 14.4 Å². The van der Waals surface area contributed by atoms with Crippen LogP contribution in [0.25, 0.3) is 0 Å². The first-order valence-electron chi connectivity index (χ1n) is 11.4. The number of nitrogens with zero attached hydrogens (tertiary/aromatic N) is 1. The molecule has 2 aliphatic rings. The van der Waals surface area contributed by atoms with E-state index < -0.39 is 6.04 Å². The summed E-state index contributed by atoms with van der Waals surface area (Å²) in [7, 11) is 0. The van der Waals surface area contributed by atoms with E-state index in [9.17, 15) is 14.4 Å². The van der Waals surface area contributed by atoms with E-state index in [1.54, 1.807) is 0 Å². The maximum absolute atomic E-state index is 13.2. The summed E-state index contributed by atoms with van der Waals surface area (Å²) < 4.78 is 0. The van der Waals surface area contributed by atoms with Crippen LogP contribution < -0.4 is 10.6 Å². The van der Waals surface area contributed by atoms with E-state index in [1.165, 1.54) is 4.90 Å². The first-order chi connectivity index (χ1) is 14.8. The summed E-state index contributed by atoms with van der Waals surface area (Å²) in [6, 6.07) is 9.17. The third-order valence-corrected chi connectivity index (χ3v) is 6.28. The van der Waals surface area contributed by atoms with Gasteiger partial charge in [-0.2, -0.15) is 0 Å². The Kier molecular flexibility index (Phi) is 7.52. The number of carbonyl (C=O) groups excluding carboxylic acids is 3. The lowest BCUT2D eigenvalue weighted by Gasteiger charge is -2.29. The van der Waals surface area contributed by atoms with E-state index in [0.29, 0.717) is 25.8 Å². The number of likely N-dealkylation sites (tertiary alicyclic amines) is 1. The molecule has 31 heavy (non-hydrogen) atoms. The standard InChI is InChI=1S/C25H35N3O3/c1-16(2)14-22(28-24(30)19-12-8-9-13-20(19)25(28)31)23(29)26-15-21(17(3)4)27-18-10-6-5-7-11-18/h5-11,16-17,19-22,27H,12-15H2,1-4H3,(H,26,29). The Hall–Kier alpha value is -2.63. The third-order valence-electron chi connectivity index (χ3n) is 6.28. The van der Waals surface area contributed by atoms with Crippen LogP contribution in [0.3, 0.4) is 0 Å². The molecule has 6 nitrogen and oxygen atoms in total. The van der Waals surface area contributed by atoms with Gasteiger partial charge in [0.05, 0.1) is 11.8 Å². The van der Waals surface area contributed by atoms with Gasteiger partial charge in [0.1, 0.15) is 6.04 Å². The average Bonchev–Trinajstić information content (AvgIpc) is 3.00. The van der Waals surface area contributed by atoms with E-state index in [1.807, 2.05) is 56.3 Å². The topological polar surface area (TPSA) is 78.5 Å². The smallest absolute Gasteiger partial charge is 0.243 e. The molecule has 1 fully saturated rings. The van der Waals surface area contributed by atoms with Crippen molar-refractivity contribution in [2.75, 3.05) is 11.9 Å². The van der Waals surface area contributed by atoms with Crippen molar-refractivity contribution in [2.24, 2.45) is 23.7 Å². The van der Waals surface area contributed by atoms with Gasteiger partial charge < -0.3 is 10.6 Å². The number of anilines is 1. The molecule has 2 N–H and O–H groups in total. The molecule has 6 heteroatoms. The fourth-order valence-electron chi connectivity index (χ4n) is 4.44. The van der Waals surface area contributed by atoms with Gasteiger partial charge in [-0.1, -0.05) is 58.0 Å². The normalized spacial score (nSPS) is 22.6. The second-order valence-corrected chi connectivity index (χ2v) is 9.45. The Morgan fingerprint density at radius 1 is 1.00 bits per heavy atom. The van der Waals surface area contributed by atoms with Gasteiger partial charge in [0, 0.05) is 18.3 Å². The third kappa shape index (κ3) is 5.35. The van der Waals surface area contributed by atoms with E-state index in [0.717, 1.165) is 5.69 Å². The molecule has 1 aliphatic carbocycles. The summed E-state index contributed by atoms with van der Waals surface area (Å²) in [6.45, 7) is 8.64. The number of rotatable bonds is 9. The van der Waals surface area contributed by atoms with E-state index in [-0.39, 0.29) is 47.4 Å². The number of nitrogens with one attached hydrogen (secondary N) is 2. The minimum atomic E-state index is -0.755. The molecule has 3 rings (SSSR count). The number of hydrogen-bond acceptors (Lipinski definition) is 4. The van der Waals surface area contributed by atoms with Gasteiger partial charge in [-0.3, -0.25) is 19.3 Å². The molecule has 0 bridgehead atoms. The number of carbonyl (C=O) groups is 3. The zero-order valence-corrected chi connectivity index (χ0v) is 19.0. The minimum Gasteiger partial charge on any atom is -0.380 e. The first kappa shape index (κ1) is 23.0. The predicted molar refractivity (Wildman–Crippen MR) is 122 cm³/mol. The van der Waals surface area contributed by atoms with Crippen LogP contribution in [0.5, 0.6) is 0 Å². The fraction of sp³-hybridized carbons (Fsp3) is 0.560. The Morgan fingerprint density at radius 3 is 2.10 bits per heavy atom. The Labute approximate surface area is 185 Å². The number of amides is 3. The van der Waals surface area contributed by atoms with Crippen molar-refractivity contribution in [3.63, 3.8) is 0 Å². The number of fused-ring (bicyclic) bond motifs is 1. The number of imide groups is 1. The lowest BCUT2D eigenvalue weighted by molar-refractivity contribution is -0.148. The van der Waals surface area contributed by atoms with Crippen LogP contribution in [0, 0.1) is 23.7 Å². The highest BCUT2D eigenvalue weighted by Gasteiger charge is 2.51. The Bertz CT molecular complexity index is 793. The Morgan fingerprint density at radius 2 is 1.58 bits per heavy atom. The molecule has 4 atom stereocenters. The van der Waals surface area contributed by atoms with Gasteiger partial charge in [0.25, 0.3) is 0 Å². The van der Waals surface area contributed by atoms with Crippen LogP contribution in [0.1, 0.15) is 47.0 Å². The predicted octanol–water partition coefficient (Wildman–Crippen LogP) is 3.61. The van der Waals surface area contributed by atoms with E-state index in [4.69, 9.17) is 0 Å². The lowest BCUT2D eigenvalue weighted by atomic mass is 9.85.